The number of hydrogen-bond donors (Lipinski definition) is 0. The van der Waals surface area contributed by atoms with Crippen LogP contribution in [0.3, 0.4) is 0 Å². The van der Waals surface area contributed by atoms with Crippen LogP contribution in [0.2, 0.25) is 0 Å². The second kappa shape index (κ2) is 4.52. The van der Waals surface area contributed by atoms with E-state index in [1.807, 2.05) is 13.0 Å². The van der Waals surface area contributed by atoms with Crippen molar-refractivity contribution in [1.82, 2.24) is 4.98 Å². The maximum Gasteiger partial charge on any atom is 0.146 e. The van der Waals surface area contributed by atoms with Crippen LogP contribution in [0, 0.1) is 24.2 Å². The van der Waals surface area contributed by atoms with Gasteiger partial charge in [-0.05, 0) is 30.9 Å². The first kappa shape index (κ1) is 10.9. The Labute approximate surface area is 96.7 Å². The molecule has 0 spiro atoms. The Hall–Kier alpha value is -1.56. The summed E-state index contributed by atoms with van der Waals surface area (Å²) in [6.07, 6.45) is 4.23. The van der Waals surface area contributed by atoms with Crippen LogP contribution >= 0.6 is 0 Å². The Balaban J connectivity index is 2.28. The lowest BCUT2D eigenvalue weighted by molar-refractivity contribution is 0.568. The molecule has 1 aliphatic rings. The van der Waals surface area contributed by atoms with E-state index >= 15 is 0 Å². The second-order valence-corrected chi connectivity index (χ2v) is 4.45. The minimum absolute atomic E-state index is 0.735. The van der Waals surface area contributed by atoms with Gasteiger partial charge in [-0.1, -0.05) is 13.3 Å². The first-order valence-corrected chi connectivity index (χ1v) is 5.87. The van der Waals surface area contributed by atoms with Gasteiger partial charge in [0.05, 0.1) is 5.56 Å². The highest BCUT2D eigenvalue weighted by atomic mass is 15.2. The fourth-order valence-electron chi connectivity index (χ4n) is 2.28. The average molecular weight is 215 g/mol. The number of pyridine rings is 1. The summed E-state index contributed by atoms with van der Waals surface area (Å²) in [5.41, 5.74) is 1.76. The molecule has 0 amide bonds. The SMILES string of the molecule is CCC1CCN(c2nccc(C)c2C#N)C1. The molecule has 3 nitrogen and oxygen atoms in total. The number of nitriles is 1. The maximum absolute atomic E-state index is 9.17. The largest absolute Gasteiger partial charge is 0.355 e. The number of rotatable bonds is 2. The molecule has 16 heavy (non-hydrogen) atoms. The molecule has 1 atom stereocenters. The third kappa shape index (κ3) is 1.88. The second-order valence-electron chi connectivity index (χ2n) is 4.45. The number of aryl methyl sites for hydroxylation is 1. The van der Waals surface area contributed by atoms with E-state index in [-0.39, 0.29) is 0 Å². The van der Waals surface area contributed by atoms with Gasteiger partial charge in [0.2, 0.25) is 0 Å². The van der Waals surface area contributed by atoms with Crippen LogP contribution in [0.5, 0.6) is 0 Å². The predicted molar refractivity (Wildman–Crippen MR) is 64.3 cm³/mol. The molecule has 0 N–H and O–H groups in total. The van der Waals surface area contributed by atoms with Crippen molar-refractivity contribution in [3.05, 3.63) is 23.4 Å². The van der Waals surface area contributed by atoms with Crippen molar-refractivity contribution >= 4 is 5.82 Å². The van der Waals surface area contributed by atoms with Gasteiger partial charge in [0.15, 0.2) is 0 Å². The molecular weight excluding hydrogens is 198 g/mol. The highest BCUT2D eigenvalue weighted by Crippen LogP contribution is 2.27. The molecule has 0 saturated carbocycles. The summed E-state index contributed by atoms with van der Waals surface area (Å²) in [6, 6.07) is 4.17. The molecule has 2 rings (SSSR count). The monoisotopic (exact) mass is 215 g/mol. The zero-order valence-electron chi connectivity index (χ0n) is 9.90. The van der Waals surface area contributed by atoms with Gasteiger partial charge in [-0.2, -0.15) is 5.26 Å². The molecule has 1 fully saturated rings. The van der Waals surface area contributed by atoms with Crippen LogP contribution in [-0.4, -0.2) is 18.1 Å². The summed E-state index contributed by atoms with van der Waals surface area (Å²) in [4.78, 5) is 6.61. The first-order valence-electron chi connectivity index (χ1n) is 5.87. The fraction of sp³-hybridized carbons (Fsp3) is 0.538. The summed E-state index contributed by atoms with van der Waals surface area (Å²) in [6.45, 7) is 6.27. The van der Waals surface area contributed by atoms with Crippen molar-refractivity contribution in [3.8, 4) is 6.07 Å². The molecule has 1 aliphatic heterocycles. The quantitative estimate of drug-likeness (QED) is 0.761. The topological polar surface area (TPSA) is 39.9 Å². The number of nitrogens with zero attached hydrogens (tertiary/aromatic N) is 3. The standard InChI is InChI=1S/C13H17N3/c1-3-11-5-7-16(9-11)13-12(8-14)10(2)4-6-15-13/h4,6,11H,3,5,7,9H2,1-2H3. The smallest absolute Gasteiger partial charge is 0.146 e. The van der Waals surface area contributed by atoms with Gasteiger partial charge in [-0.15, -0.1) is 0 Å². The lowest BCUT2D eigenvalue weighted by Gasteiger charge is -2.19. The number of anilines is 1. The van der Waals surface area contributed by atoms with Gasteiger partial charge >= 0.3 is 0 Å². The van der Waals surface area contributed by atoms with E-state index in [0.29, 0.717) is 0 Å². The van der Waals surface area contributed by atoms with Crippen LogP contribution < -0.4 is 4.90 Å². The lowest BCUT2D eigenvalue weighted by atomic mass is 10.1. The summed E-state index contributed by atoms with van der Waals surface area (Å²) in [5, 5.41) is 9.17. The highest BCUT2D eigenvalue weighted by Gasteiger charge is 2.24. The molecule has 1 unspecified atom stereocenters. The fourth-order valence-corrected chi connectivity index (χ4v) is 2.28. The Morgan fingerprint density at radius 2 is 2.44 bits per heavy atom. The first-order chi connectivity index (χ1) is 7.76. The van der Waals surface area contributed by atoms with Crippen molar-refractivity contribution in [2.75, 3.05) is 18.0 Å². The zero-order chi connectivity index (χ0) is 11.5. The Kier molecular flexibility index (Phi) is 3.09. The van der Waals surface area contributed by atoms with E-state index in [1.165, 1.54) is 12.8 Å². The number of aromatic nitrogens is 1. The van der Waals surface area contributed by atoms with Crippen LogP contribution in [0.4, 0.5) is 5.82 Å². The van der Waals surface area contributed by atoms with Crippen molar-refractivity contribution in [2.45, 2.75) is 26.7 Å². The molecule has 1 saturated heterocycles. The zero-order valence-corrected chi connectivity index (χ0v) is 9.90. The molecule has 3 heteroatoms. The predicted octanol–water partition coefficient (Wildman–Crippen LogP) is 2.50. The molecule has 0 aliphatic carbocycles. The Morgan fingerprint density at radius 1 is 1.62 bits per heavy atom. The summed E-state index contributed by atoms with van der Waals surface area (Å²) in [5.74, 6) is 1.63. The maximum atomic E-state index is 9.17. The molecule has 0 aromatic carbocycles. The molecule has 1 aromatic heterocycles. The van der Waals surface area contributed by atoms with Gasteiger partial charge in [-0.3, -0.25) is 0 Å². The van der Waals surface area contributed by atoms with E-state index in [9.17, 15) is 0 Å². The number of hydrogen-bond acceptors (Lipinski definition) is 3. The summed E-state index contributed by atoms with van der Waals surface area (Å²) < 4.78 is 0. The van der Waals surface area contributed by atoms with Crippen molar-refractivity contribution in [2.24, 2.45) is 5.92 Å². The minimum atomic E-state index is 0.735. The van der Waals surface area contributed by atoms with E-state index in [0.717, 1.165) is 36.0 Å². The van der Waals surface area contributed by atoms with Crippen LogP contribution in [0.1, 0.15) is 30.9 Å². The van der Waals surface area contributed by atoms with E-state index < -0.39 is 0 Å². The molecular formula is C13H17N3. The van der Waals surface area contributed by atoms with Crippen molar-refractivity contribution in [3.63, 3.8) is 0 Å². The van der Waals surface area contributed by atoms with Crippen molar-refractivity contribution < 1.29 is 0 Å². The van der Waals surface area contributed by atoms with Crippen LogP contribution in [0.15, 0.2) is 12.3 Å². The third-order valence-corrected chi connectivity index (χ3v) is 3.41. The molecule has 2 heterocycles. The van der Waals surface area contributed by atoms with Crippen LogP contribution in [-0.2, 0) is 0 Å². The van der Waals surface area contributed by atoms with Gasteiger partial charge < -0.3 is 4.90 Å². The summed E-state index contributed by atoms with van der Waals surface area (Å²) >= 11 is 0. The van der Waals surface area contributed by atoms with Gasteiger partial charge in [-0.25, -0.2) is 4.98 Å². The van der Waals surface area contributed by atoms with Gasteiger partial charge in [0.25, 0.3) is 0 Å². The van der Waals surface area contributed by atoms with E-state index in [4.69, 9.17) is 5.26 Å². The van der Waals surface area contributed by atoms with Crippen molar-refractivity contribution in [1.29, 1.82) is 5.26 Å². The molecule has 0 radical (unpaired) electrons. The van der Waals surface area contributed by atoms with Gasteiger partial charge in [0.1, 0.15) is 11.9 Å². The highest BCUT2D eigenvalue weighted by molar-refractivity contribution is 5.57. The lowest BCUT2D eigenvalue weighted by Crippen LogP contribution is -2.22. The van der Waals surface area contributed by atoms with E-state index in [2.05, 4.69) is 22.9 Å². The normalized spacial score (nSPS) is 19.8. The Bertz CT molecular complexity index is 420. The molecule has 1 aromatic rings. The third-order valence-electron chi connectivity index (χ3n) is 3.41. The molecule has 84 valence electrons. The van der Waals surface area contributed by atoms with Gasteiger partial charge in [0, 0.05) is 19.3 Å². The average Bonchev–Trinajstić information content (AvgIpc) is 2.77. The van der Waals surface area contributed by atoms with Crippen LogP contribution in [0.25, 0.3) is 0 Å². The van der Waals surface area contributed by atoms with E-state index in [1.54, 1.807) is 6.20 Å². The molecule has 0 bridgehead atoms. The summed E-state index contributed by atoms with van der Waals surface area (Å²) in [7, 11) is 0. The Morgan fingerprint density at radius 3 is 3.06 bits per heavy atom. The minimum Gasteiger partial charge on any atom is -0.355 e.